The van der Waals surface area contributed by atoms with E-state index in [0.29, 0.717) is 4.43 Å². The van der Waals surface area contributed by atoms with Crippen LogP contribution in [0.25, 0.3) is 22.3 Å². The Balaban J connectivity index is 2.24. The van der Waals surface area contributed by atoms with Gasteiger partial charge in [0.05, 0.1) is 16.6 Å². The van der Waals surface area contributed by atoms with Crippen LogP contribution in [0.1, 0.15) is 17.4 Å². The van der Waals surface area contributed by atoms with Gasteiger partial charge in [-0.2, -0.15) is 0 Å². The van der Waals surface area contributed by atoms with Crippen molar-refractivity contribution >= 4 is 17.0 Å². The molecule has 0 aliphatic heterocycles. The molecule has 0 spiro atoms. The fourth-order valence-electron chi connectivity index (χ4n) is 2.69. The van der Waals surface area contributed by atoms with Crippen LogP contribution in [0.2, 0.25) is 0 Å². The van der Waals surface area contributed by atoms with Crippen LogP contribution in [0.15, 0.2) is 48.5 Å². The minimum absolute atomic E-state index is 0.0174. The maximum Gasteiger partial charge on any atom is 0.573 e. The topological polar surface area (TPSA) is 86.5 Å². The van der Waals surface area contributed by atoms with Crippen LogP contribution in [0.4, 0.5) is 13.2 Å². The van der Waals surface area contributed by atoms with E-state index in [1.165, 1.54) is 31.2 Å². The largest absolute Gasteiger partial charge is 0.805 e. The van der Waals surface area contributed by atoms with Crippen LogP contribution in [-0.2, 0) is 4.74 Å². The van der Waals surface area contributed by atoms with Crippen molar-refractivity contribution in [1.82, 2.24) is 4.73 Å². The first kappa shape index (κ1) is 19.2. The number of halogens is 3. The predicted molar refractivity (Wildman–Crippen MR) is 92.1 cm³/mol. The molecule has 7 nitrogen and oxygen atoms in total. The maximum absolute atomic E-state index is 12.9. The number of nitrogens with zero attached hydrogens (tertiary/aromatic N) is 2. The molecular formula is C18H13F3N2O5. The highest BCUT2D eigenvalue weighted by Crippen LogP contribution is 2.28. The third kappa shape index (κ3) is 3.61. The molecule has 0 saturated carbocycles. The lowest BCUT2D eigenvalue weighted by Crippen LogP contribution is -2.28. The second-order valence-corrected chi connectivity index (χ2v) is 5.57. The summed E-state index contributed by atoms with van der Waals surface area (Å²) >= 11 is 0. The monoisotopic (exact) mass is 394 g/mol. The van der Waals surface area contributed by atoms with E-state index in [-0.39, 0.29) is 33.6 Å². The number of rotatable bonds is 4. The van der Waals surface area contributed by atoms with E-state index in [9.17, 15) is 28.1 Å². The lowest BCUT2D eigenvalue weighted by Gasteiger charge is -2.18. The number of hydrogen-bond acceptors (Lipinski definition) is 5. The van der Waals surface area contributed by atoms with Gasteiger partial charge < -0.3 is 19.4 Å². The Morgan fingerprint density at radius 1 is 1.14 bits per heavy atom. The molecule has 0 N–H and O–H groups in total. The lowest BCUT2D eigenvalue weighted by atomic mass is 10.1. The zero-order valence-electron chi connectivity index (χ0n) is 14.4. The highest BCUT2D eigenvalue weighted by molar-refractivity contribution is 5.96. The quantitative estimate of drug-likeness (QED) is 0.498. The highest BCUT2D eigenvalue weighted by atomic mass is 19.4. The molecule has 0 bridgehead atoms. The van der Waals surface area contributed by atoms with Gasteiger partial charge in [-0.3, -0.25) is 0 Å². The smallest absolute Gasteiger partial charge is 0.573 e. The van der Waals surface area contributed by atoms with E-state index in [0.717, 1.165) is 24.3 Å². The minimum atomic E-state index is -4.88. The fraction of sp³-hybridized carbons (Fsp3) is 0.167. The fourth-order valence-corrected chi connectivity index (χ4v) is 2.69. The van der Waals surface area contributed by atoms with Gasteiger partial charge in [0.2, 0.25) is 5.69 Å². The summed E-state index contributed by atoms with van der Waals surface area (Å²) in [6, 6.07) is 10.0. The summed E-state index contributed by atoms with van der Waals surface area (Å²) in [4.78, 5) is 25.2. The van der Waals surface area contributed by atoms with Crippen molar-refractivity contribution < 1.29 is 31.9 Å². The number of para-hydroxylation sites is 2. The molecule has 0 aliphatic carbocycles. The van der Waals surface area contributed by atoms with Gasteiger partial charge in [-0.05, 0) is 37.3 Å². The molecule has 2 aromatic carbocycles. The lowest BCUT2D eigenvalue weighted by molar-refractivity contribution is -0.452. The molecule has 146 valence electrons. The molecule has 3 aromatic rings. The standard InChI is InChI=1S/C18H13F3N2O5/c1-2-27-17(24)16-15(11-7-9-12(10-8-11)28-18(19,20)21)22(25)13-5-3-4-6-14(13)23(16)26/h3-10H,2H2,1H3. The Kier molecular flexibility index (Phi) is 4.95. The summed E-state index contributed by atoms with van der Waals surface area (Å²) < 4.78 is 46.3. The number of esters is 1. The van der Waals surface area contributed by atoms with E-state index in [4.69, 9.17) is 4.74 Å². The van der Waals surface area contributed by atoms with Gasteiger partial charge >= 0.3 is 18.0 Å². The molecule has 0 fully saturated rings. The van der Waals surface area contributed by atoms with Crippen LogP contribution in [0.3, 0.4) is 0 Å². The van der Waals surface area contributed by atoms with Crippen LogP contribution in [0.5, 0.6) is 5.75 Å². The average molecular weight is 394 g/mol. The molecule has 0 atom stereocenters. The number of ether oxygens (including phenoxy) is 2. The van der Waals surface area contributed by atoms with Crippen molar-refractivity contribution in [1.29, 1.82) is 0 Å². The predicted octanol–water partition coefficient (Wildman–Crippen LogP) is 3.64. The third-order valence-corrected chi connectivity index (χ3v) is 3.78. The number of fused-ring (bicyclic) bond motifs is 1. The zero-order valence-corrected chi connectivity index (χ0v) is 14.4. The number of carbonyl (C=O) groups is 1. The third-order valence-electron chi connectivity index (χ3n) is 3.78. The second-order valence-electron chi connectivity index (χ2n) is 5.57. The summed E-state index contributed by atoms with van der Waals surface area (Å²) in [5.74, 6) is -1.54. The van der Waals surface area contributed by atoms with Crippen LogP contribution >= 0.6 is 0 Å². The summed E-state index contributed by atoms with van der Waals surface area (Å²) in [5, 5.41) is 12.7. The van der Waals surface area contributed by atoms with Gasteiger partial charge in [0.1, 0.15) is 11.3 Å². The molecule has 3 rings (SSSR count). The Morgan fingerprint density at radius 2 is 1.79 bits per heavy atom. The molecule has 1 aromatic heterocycles. The van der Waals surface area contributed by atoms with Gasteiger partial charge in [0.15, 0.2) is 0 Å². The Labute approximate surface area is 155 Å². The molecular weight excluding hydrogens is 381 g/mol. The average Bonchev–Trinajstić information content (AvgIpc) is 2.64. The van der Waals surface area contributed by atoms with Crippen LogP contribution < -0.4 is 9.16 Å². The first-order chi connectivity index (χ1) is 13.2. The van der Waals surface area contributed by atoms with E-state index < -0.39 is 23.8 Å². The molecule has 10 heteroatoms. The maximum atomic E-state index is 12.9. The van der Waals surface area contributed by atoms with Crippen LogP contribution in [-0.4, -0.2) is 23.7 Å². The summed E-state index contributed by atoms with van der Waals surface area (Å²) in [6.07, 6.45) is -4.88. The first-order valence-corrected chi connectivity index (χ1v) is 8.04. The van der Waals surface area contributed by atoms with Gasteiger partial charge in [-0.25, -0.2) is 4.79 Å². The van der Waals surface area contributed by atoms with E-state index >= 15 is 0 Å². The molecule has 28 heavy (non-hydrogen) atoms. The number of carbonyl (C=O) groups excluding carboxylic acids is 1. The highest BCUT2D eigenvalue weighted by Gasteiger charge is 2.32. The second kappa shape index (κ2) is 7.22. The van der Waals surface area contributed by atoms with Gasteiger partial charge in [0, 0.05) is 11.0 Å². The molecule has 0 amide bonds. The summed E-state index contributed by atoms with van der Waals surface area (Å²) in [5.41, 5.74) is -0.939. The van der Waals surface area contributed by atoms with Crippen molar-refractivity contribution in [3.8, 4) is 17.0 Å². The van der Waals surface area contributed by atoms with Crippen molar-refractivity contribution in [3.63, 3.8) is 0 Å². The first-order valence-electron chi connectivity index (χ1n) is 8.04. The Hall–Kier alpha value is -3.56. The number of alkyl halides is 3. The van der Waals surface area contributed by atoms with E-state index in [2.05, 4.69) is 4.74 Å². The van der Waals surface area contributed by atoms with Gasteiger partial charge in [-0.1, -0.05) is 12.1 Å². The molecule has 0 saturated heterocycles. The summed E-state index contributed by atoms with van der Waals surface area (Å²) in [7, 11) is 0. The normalized spacial score (nSPS) is 11.4. The molecule has 0 unspecified atom stereocenters. The van der Waals surface area contributed by atoms with Gasteiger partial charge in [0.25, 0.3) is 5.52 Å². The SMILES string of the molecule is CCOC(=O)c1c(-c2ccc(OC(F)(F)F)cc2)[n+](=O)c2ccccc2n1[O-]. The van der Waals surface area contributed by atoms with Gasteiger partial charge in [-0.15, -0.1) is 13.2 Å². The Morgan fingerprint density at radius 3 is 2.39 bits per heavy atom. The minimum Gasteiger partial charge on any atom is -0.805 e. The molecule has 0 radical (unpaired) electrons. The number of hydrogen-bond donors (Lipinski definition) is 0. The van der Waals surface area contributed by atoms with E-state index in [1.807, 2.05) is 0 Å². The number of aromatic nitrogens is 2. The van der Waals surface area contributed by atoms with Crippen LogP contribution in [0, 0.1) is 10.1 Å². The molecule has 1 heterocycles. The summed E-state index contributed by atoms with van der Waals surface area (Å²) in [6.45, 7) is 1.49. The van der Waals surface area contributed by atoms with Crippen molar-refractivity contribution in [3.05, 3.63) is 64.3 Å². The zero-order chi connectivity index (χ0) is 20.5. The Bertz CT molecular complexity index is 1090. The number of benzene rings is 2. The molecule has 0 aliphatic rings. The van der Waals surface area contributed by atoms with E-state index in [1.54, 1.807) is 0 Å². The van der Waals surface area contributed by atoms with Crippen molar-refractivity contribution in [2.75, 3.05) is 6.61 Å². The van der Waals surface area contributed by atoms with Crippen molar-refractivity contribution in [2.45, 2.75) is 13.3 Å². The van der Waals surface area contributed by atoms with Crippen molar-refractivity contribution in [2.24, 2.45) is 0 Å².